The summed E-state index contributed by atoms with van der Waals surface area (Å²) in [6.07, 6.45) is 1.76. The van der Waals surface area contributed by atoms with E-state index >= 15 is 0 Å². The number of thioether (sulfide) groups is 1. The number of aromatic amines is 1. The van der Waals surface area contributed by atoms with Crippen molar-refractivity contribution in [2.75, 3.05) is 17.7 Å². The van der Waals surface area contributed by atoms with Crippen LogP contribution in [-0.4, -0.2) is 28.6 Å². The fourth-order valence-electron chi connectivity index (χ4n) is 4.07. The summed E-state index contributed by atoms with van der Waals surface area (Å²) in [5.41, 5.74) is 4.07. The number of fused-ring (bicyclic) bond motifs is 2. The van der Waals surface area contributed by atoms with Crippen molar-refractivity contribution in [3.63, 3.8) is 0 Å². The van der Waals surface area contributed by atoms with Crippen molar-refractivity contribution in [3.8, 4) is 0 Å². The first-order valence-electron chi connectivity index (χ1n) is 9.85. The Morgan fingerprint density at radius 2 is 2.03 bits per heavy atom. The van der Waals surface area contributed by atoms with Gasteiger partial charge < -0.3 is 9.88 Å². The largest absolute Gasteiger partial charge is 0.347 e. The lowest BCUT2D eigenvalue weighted by Gasteiger charge is -2.23. The number of rotatable bonds is 5. The highest BCUT2D eigenvalue weighted by atomic mass is 32.2. The number of carbonyl (C=O) groups excluding carboxylic acids is 1. The summed E-state index contributed by atoms with van der Waals surface area (Å²) in [7, 11) is 2.01. The molecule has 7 heteroatoms. The monoisotopic (exact) mass is 439 g/mol. The average Bonchev–Trinajstić information content (AvgIpc) is 3.08. The number of hydrogen-bond donors (Lipinski definition) is 1. The molecule has 0 unspecified atom stereocenters. The second kappa shape index (κ2) is 7.71. The Morgan fingerprint density at radius 3 is 2.77 bits per heavy atom. The van der Waals surface area contributed by atoms with E-state index in [1.165, 1.54) is 28.7 Å². The van der Waals surface area contributed by atoms with Crippen molar-refractivity contribution in [2.45, 2.75) is 38.9 Å². The molecule has 3 aromatic rings. The Labute approximate surface area is 184 Å². The number of para-hydroxylation sites is 1. The van der Waals surface area contributed by atoms with Gasteiger partial charge in [0.1, 0.15) is 10.7 Å². The van der Waals surface area contributed by atoms with Crippen LogP contribution < -0.4 is 10.5 Å². The molecule has 5 nitrogen and oxygen atoms in total. The first-order valence-corrected chi connectivity index (χ1v) is 11.8. The number of benzene rings is 1. The van der Waals surface area contributed by atoms with Crippen molar-refractivity contribution < 1.29 is 4.79 Å². The molecular weight excluding hydrogens is 414 g/mol. The summed E-state index contributed by atoms with van der Waals surface area (Å²) in [6, 6.07) is 8.27. The van der Waals surface area contributed by atoms with E-state index in [1.807, 2.05) is 33.0 Å². The highest BCUT2D eigenvalue weighted by Gasteiger charge is 2.38. The second-order valence-electron chi connectivity index (χ2n) is 8.17. The molecule has 1 aliphatic rings. The molecule has 0 spiro atoms. The van der Waals surface area contributed by atoms with E-state index in [9.17, 15) is 9.59 Å². The fourth-order valence-corrected chi connectivity index (χ4v) is 5.83. The van der Waals surface area contributed by atoms with Crippen molar-refractivity contribution in [2.24, 2.45) is 0 Å². The first kappa shape index (κ1) is 20.9. The third kappa shape index (κ3) is 3.50. The quantitative estimate of drug-likeness (QED) is 0.583. The molecule has 4 rings (SSSR count). The number of anilines is 1. The Kier molecular flexibility index (Phi) is 5.36. The van der Waals surface area contributed by atoms with Gasteiger partial charge in [-0.25, -0.2) is 4.98 Å². The molecule has 3 heterocycles. The van der Waals surface area contributed by atoms with Crippen LogP contribution >= 0.6 is 23.1 Å². The normalized spacial score (nSPS) is 16.4. The Bertz CT molecular complexity index is 1240. The smallest absolute Gasteiger partial charge is 0.259 e. The van der Waals surface area contributed by atoms with Crippen molar-refractivity contribution in [1.82, 2.24) is 9.97 Å². The maximum Gasteiger partial charge on any atom is 0.259 e. The lowest BCUT2D eigenvalue weighted by molar-refractivity contribution is -0.112. The lowest BCUT2D eigenvalue weighted by Crippen LogP contribution is -2.24. The molecule has 30 heavy (non-hydrogen) atoms. The lowest BCUT2D eigenvalue weighted by atomic mass is 9.83. The van der Waals surface area contributed by atoms with Gasteiger partial charge in [0.05, 0.1) is 16.9 Å². The molecule has 2 aromatic heterocycles. The van der Waals surface area contributed by atoms with E-state index in [0.717, 1.165) is 26.7 Å². The van der Waals surface area contributed by atoms with Crippen molar-refractivity contribution >= 4 is 44.8 Å². The zero-order valence-corrected chi connectivity index (χ0v) is 19.5. The molecular formula is C23H25N3O2S2. The number of H-pyrrole nitrogens is 1. The van der Waals surface area contributed by atoms with E-state index < -0.39 is 0 Å². The van der Waals surface area contributed by atoms with Crippen LogP contribution in [0.5, 0.6) is 0 Å². The summed E-state index contributed by atoms with van der Waals surface area (Å²) in [4.78, 5) is 36.5. The Morgan fingerprint density at radius 1 is 1.30 bits per heavy atom. The molecule has 1 aromatic carbocycles. The maximum absolute atomic E-state index is 12.7. The molecule has 0 saturated heterocycles. The molecule has 0 atom stereocenters. The standard InChI is InChI=1S/C23H25N3O2S2/c1-13-14(2)30-22-20(13)21(28)24-19(25-22)12-29-11-15(27)10-18-23(3,4)16-8-6-7-9-17(16)26(18)5/h6-10H,11-12H2,1-5H3,(H,24,25,28)/b18-10+. The third-order valence-corrected chi connectivity index (χ3v) is 7.88. The van der Waals surface area contributed by atoms with E-state index in [0.29, 0.717) is 22.7 Å². The van der Waals surface area contributed by atoms with Crippen LogP contribution in [0, 0.1) is 13.8 Å². The highest BCUT2D eigenvalue weighted by molar-refractivity contribution is 7.99. The number of aryl methyl sites for hydroxylation is 2. The number of nitrogens with zero attached hydrogens (tertiary/aromatic N) is 2. The number of carbonyl (C=O) groups is 1. The van der Waals surface area contributed by atoms with Gasteiger partial charge in [0.25, 0.3) is 5.56 Å². The Hall–Kier alpha value is -2.38. The summed E-state index contributed by atoms with van der Waals surface area (Å²) in [5.74, 6) is 1.52. The molecule has 1 N–H and O–H groups in total. The minimum absolute atomic E-state index is 0.0639. The molecule has 156 valence electrons. The zero-order chi connectivity index (χ0) is 21.6. The van der Waals surface area contributed by atoms with Gasteiger partial charge in [-0.1, -0.05) is 32.0 Å². The van der Waals surface area contributed by atoms with Crippen LogP contribution in [0.25, 0.3) is 10.2 Å². The van der Waals surface area contributed by atoms with E-state index in [-0.39, 0.29) is 16.8 Å². The number of thiophene rings is 1. The predicted octanol–water partition coefficient (Wildman–Crippen LogP) is 4.72. The van der Waals surface area contributed by atoms with Crippen LogP contribution in [0.2, 0.25) is 0 Å². The van der Waals surface area contributed by atoms with Crippen LogP contribution in [-0.2, 0) is 16.0 Å². The second-order valence-corrected chi connectivity index (χ2v) is 10.4. The van der Waals surface area contributed by atoms with Gasteiger partial charge in [0.2, 0.25) is 0 Å². The number of nitrogens with one attached hydrogen (secondary N) is 1. The van der Waals surface area contributed by atoms with Gasteiger partial charge in [0, 0.05) is 34.8 Å². The summed E-state index contributed by atoms with van der Waals surface area (Å²) >= 11 is 3.01. The van der Waals surface area contributed by atoms with Crippen LogP contribution in [0.1, 0.15) is 35.7 Å². The van der Waals surface area contributed by atoms with Crippen molar-refractivity contribution in [1.29, 1.82) is 0 Å². The zero-order valence-electron chi connectivity index (χ0n) is 17.8. The number of likely N-dealkylation sites (N-methyl/N-ethyl adjacent to an activating group) is 1. The SMILES string of the molecule is Cc1sc2nc(CSCC(=O)/C=C3/N(C)c4ccccc4C3(C)C)[nH]c(=O)c2c1C. The first-order chi connectivity index (χ1) is 14.2. The van der Waals surface area contributed by atoms with Gasteiger partial charge in [-0.05, 0) is 31.0 Å². The minimum Gasteiger partial charge on any atom is -0.347 e. The average molecular weight is 440 g/mol. The number of hydrogen-bond acceptors (Lipinski definition) is 6. The minimum atomic E-state index is -0.210. The van der Waals surface area contributed by atoms with Gasteiger partial charge >= 0.3 is 0 Å². The Balaban J connectivity index is 1.46. The number of allylic oxidation sites excluding steroid dienone is 2. The van der Waals surface area contributed by atoms with E-state index in [2.05, 4.69) is 40.8 Å². The number of aromatic nitrogens is 2. The highest BCUT2D eigenvalue weighted by Crippen LogP contribution is 2.46. The summed E-state index contributed by atoms with van der Waals surface area (Å²) in [6.45, 7) is 8.25. The summed E-state index contributed by atoms with van der Waals surface area (Å²) in [5, 5.41) is 0.679. The van der Waals surface area contributed by atoms with Crippen LogP contribution in [0.15, 0.2) is 40.8 Å². The fraction of sp³-hybridized carbons (Fsp3) is 0.348. The third-order valence-electron chi connectivity index (χ3n) is 5.81. The molecule has 0 aliphatic carbocycles. The van der Waals surface area contributed by atoms with Gasteiger partial charge in [0.15, 0.2) is 5.78 Å². The van der Waals surface area contributed by atoms with E-state index in [1.54, 1.807) is 6.08 Å². The molecule has 0 bridgehead atoms. The molecule has 0 radical (unpaired) electrons. The molecule has 0 fully saturated rings. The van der Waals surface area contributed by atoms with Gasteiger partial charge in [-0.15, -0.1) is 23.1 Å². The molecule has 1 aliphatic heterocycles. The van der Waals surface area contributed by atoms with E-state index in [4.69, 9.17) is 0 Å². The van der Waals surface area contributed by atoms with Crippen LogP contribution in [0.4, 0.5) is 5.69 Å². The van der Waals surface area contributed by atoms with Gasteiger partial charge in [-0.3, -0.25) is 9.59 Å². The predicted molar refractivity (Wildman–Crippen MR) is 127 cm³/mol. The topological polar surface area (TPSA) is 66.1 Å². The molecule has 0 amide bonds. The van der Waals surface area contributed by atoms with Crippen LogP contribution in [0.3, 0.4) is 0 Å². The van der Waals surface area contributed by atoms with Gasteiger partial charge in [-0.2, -0.15) is 0 Å². The van der Waals surface area contributed by atoms with Crippen molar-refractivity contribution in [3.05, 3.63) is 68.2 Å². The molecule has 0 saturated carbocycles. The number of ketones is 1. The maximum atomic E-state index is 12.7. The summed E-state index contributed by atoms with van der Waals surface area (Å²) < 4.78 is 0.